The second-order valence-corrected chi connectivity index (χ2v) is 10.0. The van der Waals surface area contributed by atoms with Gasteiger partial charge in [-0.25, -0.2) is 18.4 Å². The molecule has 3 heterocycles. The second kappa shape index (κ2) is 9.90. The van der Waals surface area contributed by atoms with Crippen molar-refractivity contribution in [3.05, 3.63) is 71.8 Å². The quantitative estimate of drug-likeness (QED) is 0.373. The Bertz CT molecular complexity index is 1550. The molecule has 1 amide bonds. The van der Waals surface area contributed by atoms with Gasteiger partial charge in [-0.05, 0) is 56.3 Å². The van der Waals surface area contributed by atoms with E-state index in [0.29, 0.717) is 53.4 Å². The molecule has 2 N–H and O–H groups in total. The lowest BCUT2D eigenvalue weighted by Crippen LogP contribution is -2.16. The lowest BCUT2D eigenvalue weighted by molar-refractivity contribution is -0.115. The molecule has 1 aliphatic heterocycles. The summed E-state index contributed by atoms with van der Waals surface area (Å²) in [7, 11) is -3.86. The number of amides is 1. The highest BCUT2D eigenvalue weighted by atomic mass is 32.2. The summed E-state index contributed by atoms with van der Waals surface area (Å²) in [5.41, 5.74) is 2.28. The Labute approximate surface area is 212 Å². The zero-order chi connectivity index (χ0) is 26.0. The molecule has 2 aromatic carbocycles. The first-order valence-corrected chi connectivity index (χ1v) is 12.8. The van der Waals surface area contributed by atoms with Crippen LogP contribution >= 0.6 is 0 Å². The molecule has 0 bridgehead atoms. The molecule has 0 saturated heterocycles. The molecule has 5 rings (SSSR count). The molecule has 37 heavy (non-hydrogen) atoms. The van der Waals surface area contributed by atoms with E-state index in [1.54, 1.807) is 38.1 Å². The Hall–Kier alpha value is -4.45. The number of hydrogen-bond acceptors (Lipinski definition) is 9. The summed E-state index contributed by atoms with van der Waals surface area (Å²) in [6.07, 6.45) is -0.0257. The zero-order valence-electron chi connectivity index (χ0n) is 20.0. The first kappa shape index (κ1) is 24.3. The van der Waals surface area contributed by atoms with Crippen molar-refractivity contribution in [1.82, 2.24) is 15.1 Å². The van der Waals surface area contributed by atoms with Crippen LogP contribution in [-0.2, 0) is 21.2 Å². The fraction of sp³-hybridized carbons (Fsp3) is 0.200. The monoisotopic (exact) mass is 521 g/mol. The molecular weight excluding hydrogens is 498 g/mol. The van der Waals surface area contributed by atoms with E-state index in [9.17, 15) is 13.2 Å². The third-order valence-electron chi connectivity index (χ3n) is 5.38. The zero-order valence-corrected chi connectivity index (χ0v) is 20.8. The van der Waals surface area contributed by atoms with Gasteiger partial charge in [-0.3, -0.25) is 9.52 Å². The van der Waals surface area contributed by atoms with Crippen LogP contribution in [0.3, 0.4) is 0 Å². The molecule has 2 aromatic heterocycles. The van der Waals surface area contributed by atoms with Crippen molar-refractivity contribution in [2.75, 3.05) is 23.3 Å². The van der Waals surface area contributed by atoms with Crippen molar-refractivity contribution in [2.45, 2.75) is 25.2 Å². The number of carbonyl (C=O) groups excluding carboxylic acids is 1. The van der Waals surface area contributed by atoms with Crippen molar-refractivity contribution in [1.29, 1.82) is 0 Å². The van der Waals surface area contributed by atoms with Crippen LogP contribution in [0.15, 0.2) is 64.0 Å². The number of benzene rings is 2. The number of carbonyl (C=O) groups is 1. The maximum absolute atomic E-state index is 12.7. The van der Waals surface area contributed by atoms with Crippen LogP contribution in [0.2, 0.25) is 0 Å². The molecule has 0 atom stereocenters. The fourth-order valence-electron chi connectivity index (χ4n) is 3.78. The van der Waals surface area contributed by atoms with Gasteiger partial charge in [0.25, 0.3) is 10.0 Å². The summed E-state index contributed by atoms with van der Waals surface area (Å²) in [6.45, 7) is 4.41. The van der Waals surface area contributed by atoms with E-state index in [4.69, 9.17) is 14.0 Å². The highest BCUT2D eigenvalue weighted by Gasteiger charge is 2.18. The van der Waals surface area contributed by atoms with Crippen LogP contribution in [0.25, 0.3) is 11.3 Å². The molecule has 0 saturated carbocycles. The van der Waals surface area contributed by atoms with Crippen molar-refractivity contribution in [3.63, 3.8) is 0 Å². The minimum absolute atomic E-state index is 0.0257. The van der Waals surface area contributed by atoms with Gasteiger partial charge in [-0.2, -0.15) is 0 Å². The number of aromatic nitrogens is 3. The van der Waals surface area contributed by atoms with E-state index in [-0.39, 0.29) is 23.0 Å². The van der Waals surface area contributed by atoms with E-state index < -0.39 is 10.0 Å². The number of aryl methyl sites for hydroxylation is 2. The second-order valence-electron chi connectivity index (χ2n) is 8.34. The molecule has 0 fully saturated rings. The summed E-state index contributed by atoms with van der Waals surface area (Å²) < 4.78 is 44.4. The Morgan fingerprint density at radius 2 is 1.70 bits per heavy atom. The molecular formula is C25H23N5O6S. The van der Waals surface area contributed by atoms with Gasteiger partial charge < -0.3 is 19.3 Å². The largest absolute Gasteiger partial charge is 0.486 e. The van der Waals surface area contributed by atoms with Crippen LogP contribution < -0.4 is 19.5 Å². The summed E-state index contributed by atoms with van der Waals surface area (Å²) in [4.78, 5) is 20.8. The van der Waals surface area contributed by atoms with Crippen LogP contribution in [0.5, 0.6) is 11.5 Å². The van der Waals surface area contributed by atoms with Crippen LogP contribution in [0.4, 0.5) is 11.5 Å². The molecule has 0 spiro atoms. The van der Waals surface area contributed by atoms with Gasteiger partial charge in [0.05, 0.1) is 17.0 Å². The van der Waals surface area contributed by atoms with Crippen LogP contribution in [-0.4, -0.2) is 42.7 Å². The lowest BCUT2D eigenvalue weighted by Gasteiger charge is -2.18. The van der Waals surface area contributed by atoms with E-state index in [0.717, 1.165) is 5.56 Å². The molecule has 4 aromatic rings. The van der Waals surface area contributed by atoms with Crippen LogP contribution in [0.1, 0.15) is 17.2 Å². The highest BCUT2D eigenvalue weighted by molar-refractivity contribution is 7.92. The highest BCUT2D eigenvalue weighted by Crippen LogP contribution is 2.34. The minimum Gasteiger partial charge on any atom is -0.486 e. The molecule has 1 aliphatic rings. The Morgan fingerprint density at radius 3 is 2.46 bits per heavy atom. The number of ether oxygens (including phenoxy) is 2. The van der Waals surface area contributed by atoms with Gasteiger partial charge in [0.1, 0.15) is 24.9 Å². The van der Waals surface area contributed by atoms with Gasteiger partial charge in [0.2, 0.25) is 5.91 Å². The van der Waals surface area contributed by atoms with E-state index in [1.165, 1.54) is 24.3 Å². The number of hydrogen-bond donors (Lipinski definition) is 2. The van der Waals surface area contributed by atoms with Crippen molar-refractivity contribution in [2.24, 2.45) is 0 Å². The van der Waals surface area contributed by atoms with Crippen molar-refractivity contribution >= 4 is 27.4 Å². The Kier molecular flexibility index (Phi) is 6.49. The maximum Gasteiger partial charge on any atom is 0.263 e. The van der Waals surface area contributed by atoms with Gasteiger partial charge in [-0.1, -0.05) is 5.16 Å². The number of nitrogens with one attached hydrogen (secondary N) is 2. The van der Waals surface area contributed by atoms with Crippen molar-refractivity contribution < 1.29 is 27.2 Å². The standard InChI is InChI=1S/C25H23N5O6S/c1-15-11-24(27-16(2)26-15)30-37(32,33)20-6-4-18(5-7-20)28-25(31)14-19-13-22(36-29-19)17-3-8-21-23(12-17)35-10-9-34-21/h3-8,11-13H,9-10,14H2,1-2H3,(H,28,31)(H,26,27,30). The number of fused-ring (bicyclic) bond motifs is 1. The first-order valence-electron chi connectivity index (χ1n) is 11.4. The average molecular weight is 522 g/mol. The van der Waals surface area contributed by atoms with Gasteiger partial charge in [0.15, 0.2) is 17.3 Å². The summed E-state index contributed by atoms with van der Waals surface area (Å²) in [6, 6.07) is 14.5. The smallest absolute Gasteiger partial charge is 0.263 e. The number of sulfonamides is 1. The molecule has 190 valence electrons. The molecule has 0 unspecified atom stereocenters. The Morgan fingerprint density at radius 1 is 0.946 bits per heavy atom. The van der Waals surface area contributed by atoms with Gasteiger partial charge in [-0.15, -0.1) is 0 Å². The SMILES string of the molecule is Cc1cc(NS(=O)(=O)c2ccc(NC(=O)Cc3cc(-c4ccc5c(c4)OCCO5)on3)cc2)nc(C)n1. The topological polar surface area (TPSA) is 146 Å². The normalized spacial score (nSPS) is 12.7. The molecule has 0 radical (unpaired) electrons. The third-order valence-corrected chi connectivity index (χ3v) is 6.75. The predicted octanol–water partition coefficient (Wildman–Crippen LogP) is 3.50. The summed E-state index contributed by atoms with van der Waals surface area (Å²) >= 11 is 0. The van der Waals surface area contributed by atoms with E-state index in [1.807, 2.05) is 6.07 Å². The first-order chi connectivity index (χ1) is 17.7. The minimum atomic E-state index is -3.86. The van der Waals surface area contributed by atoms with Crippen LogP contribution in [0, 0.1) is 13.8 Å². The number of anilines is 2. The fourth-order valence-corrected chi connectivity index (χ4v) is 4.77. The predicted molar refractivity (Wildman–Crippen MR) is 134 cm³/mol. The molecule has 0 aliphatic carbocycles. The van der Waals surface area contributed by atoms with E-state index in [2.05, 4.69) is 25.2 Å². The molecule has 11 nitrogen and oxygen atoms in total. The summed E-state index contributed by atoms with van der Waals surface area (Å²) in [5.74, 6) is 2.11. The maximum atomic E-state index is 12.7. The van der Waals surface area contributed by atoms with E-state index >= 15 is 0 Å². The Balaban J connectivity index is 1.21. The number of nitrogens with zero attached hydrogens (tertiary/aromatic N) is 3. The third kappa shape index (κ3) is 5.70. The van der Waals surface area contributed by atoms with Gasteiger partial charge in [0, 0.05) is 29.1 Å². The number of rotatable bonds is 7. The van der Waals surface area contributed by atoms with Gasteiger partial charge >= 0.3 is 0 Å². The molecule has 12 heteroatoms. The summed E-state index contributed by atoms with van der Waals surface area (Å²) in [5, 5.41) is 6.71. The lowest BCUT2D eigenvalue weighted by atomic mass is 10.1. The average Bonchev–Trinajstić information content (AvgIpc) is 3.31. The van der Waals surface area contributed by atoms with Crippen molar-refractivity contribution in [3.8, 4) is 22.8 Å².